The van der Waals surface area contributed by atoms with E-state index < -0.39 is 0 Å². The number of fused-ring (bicyclic) bond motifs is 3. The van der Waals surface area contributed by atoms with Crippen LogP contribution in [0.2, 0.25) is 0 Å². The molecule has 0 aliphatic carbocycles. The summed E-state index contributed by atoms with van der Waals surface area (Å²) in [6.45, 7) is 8.72. The molecule has 2 nitrogen and oxygen atoms in total. The summed E-state index contributed by atoms with van der Waals surface area (Å²) in [4.78, 5) is 0. The molecule has 3 rings (SSSR count). The quantitative estimate of drug-likeness (QED) is 0.630. The summed E-state index contributed by atoms with van der Waals surface area (Å²) in [7, 11) is 0. The van der Waals surface area contributed by atoms with E-state index in [1.54, 1.807) is 0 Å². The molecule has 2 heteroatoms. The molecule has 20 heavy (non-hydrogen) atoms. The third kappa shape index (κ3) is 1.79. The summed E-state index contributed by atoms with van der Waals surface area (Å²) in [5.41, 5.74) is 11.7. The number of hydrogen-bond donors (Lipinski definition) is 1. The van der Waals surface area contributed by atoms with Gasteiger partial charge in [0, 0.05) is 16.5 Å². The van der Waals surface area contributed by atoms with Crippen molar-refractivity contribution in [1.29, 1.82) is 0 Å². The van der Waals surface area contributed by atoms with Crippen LogP contribution in [0.3, 0.4) is 0 Å². The van der Waals surface area contributed by atoms with E-state index in [1.807, 2.05) is 18.2 Å². The van der Waals surface area contributed by atoms with Gasteiger partial charge in [-0.2, -0.15) is 0 Å². The van der Waals surface area contributed by atoms with Crippen LogP contribution in [-0.2, 0) is 0 Å². The SMILES string of the molecule is CC(C)c1cc2oc3ccccc3c2c(C(C)C)c1N. The Hall–Kier alpha value is -1.96. The lowest BCUT2D eigenvalue weighted by atomic mass is 9.89. The van der Waals surface area contributed by atoms with Gasteiger partial charge in [0.1, 0.15) is 11.2 Å². The first-order chi connectivity index (χ1) is 9.50. The van der Waals surface area contributed by atoms with E-state index in [1.165, 1.54) is 16.5 Å². The van der Waals surface area contributed by atoms with Gasteiger partial charge in [0.05, 0.1) is 0 Å². The number of nitrogen functional groups attached to an aromatic ring is 1. The molecule has 0 saturated carbocycles. The summed E-state index contributed by atoms with van der Waals surface area (Å²) in [5.74, 6) is 0.766. The zero-order valence-electron chi connectivity index (χ0n) is 12.5. The van der Waals surface area contributed by atoms with Crippen LogP contribution in [-0.4, -0.2) is 0 Å². The molecule has 3 aromatic rings. The van der Waals surface area contributed by atoms with Crippen molar-refractivity contribution in [3.05, 3.63) is 41.5 Å². The molecule has 0 radical (unpaired) electrons. The van der Waals surface area contributed by atoms with Gasteiger partial charge >= 0.3 is 0 Å². The Kier molecular flexibility index (Phi) is 2.97. The second kappa shape index (κ2) is 4.55. The summed E-state index contributed by atoms with van der Waals surface area (Å²) < 4.78 is 6.03. The molecule has 0 spiro atoms. The monoisotopic (exact) mass is 267 g/mol. The van der Waals surface area contributed by atoms with Crippen molar-refractivity contribution in [2.24, 2.45) is 0 Å². The van der Waals surface area contributed by atoms with Gasteiger partial charge in [-0.1, -0.05) is 45.9 Å². The average molecular weight is 267 g/mol. The molecule has 104 valence electrons. The van der Waals surface area contributed by atoms with Crippen molar-refractivity contribution in [3.63, 3.8) is 0 Å². The Balaban J connectivity index is 2.52. The van der Waals surface area contributed by atoms with Gasteiger partial charge < -0.3 is 10.2 Å². The van der Waals surface area contributed by atoms with Crippen molar-refractivity contribution in [3.8, 4) is 0 Å². The Labute approximate surface area is 119 Å². The predicted molar refractivity (Wildman–Crippen MR) is 86.3 cm³/mol. The van der Waals surface area contributed by atoms with Gasteiger partial charge in [-0.05, 0) is 35.1 Å². The summed E-state index contributed by atoms with van der Waals surface area (Å²) >= 11 is 0. The maximum absolute atomic E-state index is 6.46. The maximum Gasteiger partial charge on any atom is 0.136 e. The standard InChI is InChI=1S/C18H21NO/c1-10(2)13-9-15-17(16(11(3)4)18(13)19)12-7-5-6-8-14(12)20-15/h5-11H,19H2,1-4H3. The normalized spacial score (nSPS) is 12.1. The minimum Gasteiger partial charge on any atom is -0.456 e. The molecule has 0 saturated heterocycles. The highest BCUT2D eigenvalue weighted by atomic mass is 16.3. The molecule has 0 unspecified atom stereocenters. The molecule has 0 fully saturated rings. The molecule has 1 aromatic heterocycles. The lowest BCUT2D eigenvalue weighted by Gasteiger charge is -2.17. The van der Waals surface area contributed by atoms with Crippen LogP contribution in [0.15, 0.2) is 34.7 Å². The van der Waals surface area contributed by atoms with E-state index in [0.717, 1.165) is 22.2 Å². The largest absolute Gasteiger partial charge is 0.456 e. The zero-order chi connectivity index (χ0) is 14.4. The first-order valence-corrected chi connectivity index (χ1v) is 7.24. The zero-order valence-corrected chi connectivity index (χ0v) is 12.5. The fourth-order valence-electron chi connectivity index (χ4n) is 3.03. The maximum atomic E-state index is 6.46. The summed E-state index contributed by atoms with van der Waals surface area (Å²) in [6, 6.07) is 10.3. The van der Waals surface area contributed by atoms with E-state index in [9.17, 15) is 0 Å². The van der Waals surface area contributed by atoms with Gasteiger partial charge in [0.15, 0.2) is 0 Å². The fourth-order valence-corrected chi connectivity index (χ4v) is 3.03. The van der Waals surface area contributed by atoms with Crippen molar-refractivity contribution < 1.29 is 4.42 Å². The number of para-hydroxylation sites is 1. The van der Waals surface area contributed by atoms with Crippen LogP contribution in [0.1, 0.15) is 50.7 Å². The van der Waals surface area contributed by atoms with E-state index in [-0.39, 0.29) is 0 Å². The van der Waals surface area contributed by atoms with Crippen molar-refractivity contribution >= 4 is 27.6 Å². The first-order valence-electron chi connectivity index (χ1n) is 7.24. The second-order valence-corrected chi connectivity index (χ2v) is 6.07. The lowest BCUT2D eigenvalue weighted by molar-refractivity contribution is 0.666. The lowest BCUT2D eigenvalue weighted by Crippen LogP contribution is -2.03. The Morgan fingerprint density at radius 1 is 0.950 bits per heavy atom. The van der Waals surface area contributed by atoms with Crippen LogP contribution in [0, 0.1) is 0 Å². The van der Waals surface area contributed by atoms with Crippen LogP contribution in [0.5, 0.6) is 0 Å². The van der Waals surface area contributed by atoms with Crippen LogP contribution >= 0.6 is 0 Å². The summed E-state index contributed by atoms with van der Waals surface area (Å²) in [6.07, 6.45) is 0. The minimum atomic E-state index is 0.372. The van der Waals surface area contributed by atoms with Gasteiger partial charge in [-0.3, -0.25) is 0 Å². The molecule has 1 heterocycles. The average Bonchev–Trinajstić information content (AvgIpc) is 2.75. The molecular formula is C18H21NO. The van der Waals surface area contributed by atoms with Gasteiger partial charge in [-0.15, -0.1) is 0 Å². The molecule has 2 aromatic carbocycles. The van der Waals surface area contributed by atoms with Crippen LogP contribution in [0.25, 0.3) is 21.9 Å². The number of hydrogen-bond acceptors (Lipinski definition) is 2. The Morgan fingerprint density at radius 2 is 1.65 bits per heavy atom. The van der Waals surface area contributed by atoms with Gasteiger partial charge in [0.25, 0.3) is 0 Å². The number of rotatable bonds is 2. The molecular weight excluding hydrogens is 246 g/mol. The fraction of sp³-hybridized carbons (Fsp3) is 0.333. The molecule has 0 aliphatic rings. The van der Waals surface area contributed by atoms with Crippen LogP contribution < -0.4 is 5.73 Å². The highest BCUT2D eigenvalue weighted by Crippen LogP contribution is 2.41. The number of nitrogens with two attached hydrogens (primary N) is 1. The van der Waals surface area contributed by atoms with Crippen molar-refractivity contribution in [2.75, 3.05) is 5.73 Å². The minimum absolute atomic E-state index is 0.372. The molecule has 2 N–H and O–H groups in total. The van der Waals surface area contributed by atoms with Gasteiger partial charge in [0.2, 0.25) is 0 Å². The van der Waals surface area contributed by atoms with E-state index in [4.69, 9.17) is 10.2 Å². The number of furan rings is 1. The van der Waals surface area contributed by atoms with E-state index in [2.05, 4.69) is 39.8 Å². The molecule has 0 atom stereocenters. The molecule has 0 bridgehead atoms. The predicted octanol–water partition coefficient (Wildman–Crippen LogP) is 5.42. The van der Waals surface area contributed by atoms with Crippen molar-refractivity contribution in [1.82, 2.24) is 0 Å². The molecule has 0 aliphatic heterocycles. The Bertz CT molecular complexity index is 781. The highest BCUT2D eigenvalue weighted by molar-refractivity contribution is 6.09. The Morgan fingerprint density at radius 3 is 2.30 bits per heavy atom. The van der Waals surface area contributed by atoms with Crippen LogP contribution in [0.4, 0.5) is 5.69 Å². The molecule has 0 amide bonds. The topological polar surface area (TPSA) is 39.2 Å². The first kappa shape index (κ1) is 13.0. The smallest absolute Gasteiger partial charge is 0.136 e. The van der Waals surface area contributed by atoms with E-state index >= 15 is 0 Å². The van der Waals surface area contributed by atoms with Crippen molar-refractivity contribution in [2.45, 2.75) is 39.5 Å². The third-order valence-corrected chi connectivity index (χ3v) is 3.98. The number of anilines is 1. The van der Waals surface area contributed by atoms with E-state index in [0.29, 0.717) is 11.8 Å². The van der Waals surface area contributed by atoms with Gasteiger partial charge in [-0.25, -0.2) is 0 Å². The summed E-state index contributed by atoms with van der Waals surface area (Å²) in [5, 5.41) is 2.34. The second-order valence-electron chi connectivity index (χ2n) is 6.07. The highest BCUT2D eigenvalue weighted by Gasteiger charge is 2.20. The number of benzene rings is 2. The third-order valence-electron chi connectivity index (χ3n) is 3.98.